The average molecular weight is 257 g/mol. The number of allylic oxidation sites excluding steroid dienone is 1. The highest BCUT2D eigenvalue weighted by Crippen LogP contribution is 2.26. The number of nitrogens with two attached hydrogens (primary N) is 1. The maximum atomic E-state index is 9.23. The van der Waals surface area contributed by atoms with Crippen molar-refractivity contribution in [3.63, 3.8) is 0 Å². The number of hydrogen-bond donors (Lipinski definition) is 2. The first-order valence-electron chi connectivity index (χ1n) is 6.25. The summed E-state index contributed by atoms with van der Waals surface area (Å²) < 4.78 is 5.28. The number of aromatic nitrogens is 2. The van der Waals surface area contributed by atoms with Gasteiger partial charge in [-0.1, -0.05) is 29.4 Å². The van der Waals surface area contributed by atoms with Crippen molar-refractivity contribution in [1.82, 2.24) is 10.1 Å². The molecule has 2 aromatic rings. The van der Waals surface area contributed by atoms with Gasteiger partial charge in [-0.2, -0.15) is 4.98 Å². The van der Waals surface area contributed by atoms with Crippen LogP contribution in [0.1, 0.15) is 29.6 Å². The minimum absolute atomic E-state index is 0.0810. The third-order valence-corrected chi connectivity index (χ3v) is 3.22. The summed E-state index contributed by atoms with van der Waals surface area (Å²) in [4.78, 5) is 4.40. The minimum Gasteiger partial charge on any atom is -0.508 e. The lowest BCUT2D eigenvalue weighted by Crippen LogP contribution is -2.14. The van der Waals surface area contributed by atoms with Crippen LogP contribution >= 0.6 is 0 Å². The quantitative estimate of drug-likeness (QED) is 0.818. The highest BCUT2D eigenvalue weighted by molar-refractivity contribution is 5.27. The molecule has 0 bridgehead atoms. The van der Waals surface area contributed by atoms with Gasteiger partial charge in [0.15, 0.2) is 5.82 Å². The van der Waals surface area contributed by atoms with Gasteiger partial charge in [-0.25, -0.2) is 0 Å². The van der Waals surface area contributed by atoms with Crippen LogP contribution in [0.15, 0.2) is 40.9 Å². The number of nitrogens with zero attached hydrogens (tertiary/aromatic N) is 2. The van der Waals surface area contributed by atoms with Gasteiger partial charge >= 0.3 is 0 Å². The summed E-state index contributed by atoms with van der Waals surface area (Å²) in [7, 11) is 0. The van der Waals surface area contributed by atoms with Gasteiger partial charge in [0, 0.05) is 12.5 Å². The lowest BCUT2D eigenvalue weighted by Gasteiger charge is -2.02. The minimum atomic E-state index is 0.0810. The highest BCUT2D eigenvalue weighted by atomic mass is 16.5. The van der Waals surface area contributed by atoms with Crippen molar-refractivity contribution in [2.24, 2.45) is 5.73 Å². The van der Waals surface area contributed by atoms with Crippen LogP contribution in [0.5, 0.6) is 5.75 Å². The van der Waals surface area contributed by atoms with E-state index in [1.165, 1.54) is 0 Å². The Morgan fingerprint density at radius 1 is 1.26 bits per heavy atom. The van der Waals surface area contributed by atoms with E-state index in [0.717, 1.165) is 12.0 Å². The monoisotopic (exact) mass is 257 g/mol. The molecule has 5 nitrogen and oxygen atoms in total. The molecule has 98 valence electrons. The SMILES string of the molecule is NC1C=CC(c2nc(Cc3ccc(O)cc3)no2)C1. The van der Waals surface area contributed by atoms with E-state index >= 15 is 0 Å². The van der Waals surface area contributed by atoms with Crippen LogP contribution in [0.4, 0.5) is 0 Å². The Kier molecular flexibility index (Phi) is 3.05. The topological polar surface area (TPSA) is 85.2 Å². The number of rotatable bonds is 3. The molecule has 0 fully saturated rings. The smallest absolute Gasteiger partial charge is 0.233 e. The van der Waals surface area contributed by atoms with E-state index in [4.69, 9.17) is 10.3 Å². The summed E-state index contributed by atoms with van der Waals surface area (Å²) in [5, 5.41) is 13.2. The zero-order chi connectivity index (χ0) is 13.2. The maximum absolute atomic E-state index is 9.23. The first-order valence-corrected chi connectivity index (χ1v) is 6.25. The Morgan fingerprint density at radius 2 is 2.05 bits per heavy atom. The van der Waals surface area contributed by atoms with E-state index in [-0.39, 0.29) is 17.7 Å². The number of phenolic OH excluding ortho intramolecular Hbond substituents is 1. The number of benzene rings is 1. The van der Waals surface area contributed by atoms with E-state index in [2.05, 4.69) is 10.1 Å². The van der Waals surface area contributed by atoms with Crippen molar-refractivity contribution in [2.45, 2.75) is 24.8 Å². The predicted octanol–water partition coefficient (Wildman–Crippen LogP) is 1.74. The van der Waals surface area contributed by atoms with Gasteiger partial charge in [0.25, 0.3) is 0 Å². The lowest BCUT2D eigenvalue weighted by atomic mass is 10.1. The molecule has 1 aliphatic carbocycles. The van der Waals surface area contributed by atoms with E-state index < -0.39 is 0 Å². The normalized spacial score (nSPS) is 21.9. The van der Waals surface area contributed by atoms with Crippen LogP contribution < -0.4 is 5.73 Å². The lowest BCUT2D eigenvalue weighted by molar-refractivity contribution is 0.360. The van der Waals surface area contributed by atoms with Crippen LogP contribution in [-0.2, 0) is 6.42 Å². The molecule has 3 N–H and O–H groups in total. The van der Waals surface area contributed by atoms with Gasteiger partial charge in [-0.05, 0) is 24.1 Å². The van der Waals surface area contributed by atoms with Gasteiger partial charge in [-0.15, -0.1) is 0 Å². The van der Waals surface area contributed by atoms with Gasteiger partial charge in [0.1, 0.15) is 5.75 Å². The maximum Gasteiger partial charge on any atom is 0.233 e. The molecular weight excluding hydrogens is 242 g/mol. The van der Waals surface area contributed by atoms with Crippen molar-refractivity contribution in [3.05, 3.63) is 53.7 Å². The molecule has 0 saturated heterocycles. The van der Waals surface area contributed by atoms with Crippen LogP contribution in [0.25, 0.3) is 0 Å². The molecule has 1 aromatic carbocycles. The van der Waals surface area contributed by atoms with Crippen molar-refractivity contribution in [3.8, 4) is 5.75 Å². The molecule has 0 radical (unpaired) electrons. The number of hydrogen-bond acceptors (Lipinski definition) is 5. The average Bonchev–Trinajstić information content (AvgIpc) is 3.01. The molecule has 1 aromatic heterocycles. The Balaban J connectivity index is 1.71. The summed E-state index contributed by atoms with van der Waals surface area (Å²) in [5.74, 6) is 1.66. The van der Waals surface area contributed by atoms with Crippen molar-refractivity contribution < 1.29 is 9.63 Å². The van der Waals surface area contributed by atoms with Crippen molar-refractivity contribution >= 4 is 0 Å². The third kappa shape index (κ3) is 2.66. The van der Waals surface area contributed by atoms with Gasteiger partial charge < -0.3 is 15.4 Å². The van der Waals surface area contributed by atoms with E-state index in [9.17, 15) is 5.11 Å². The second-order valence-corrected chi connectivity index (χ2v) is 4.78. The molecule has 2 atom stereocenters. The summed E-state index contributed by atoms with van der Waals surface area (Å²) in [5.41, 5.74) is 6.84. The fourth-order valence-electron chi connectivity index (χ4n) is 2.20. The molecule has 5 heteroatoms. The van der Waals surface area contributed by atoms with Crippen molar-refractivity contribution in [2.75, 3.05) is 0 Å². The summed E-state index contributed by atoms with van der Waals surface area (Å²) in [6.07, 6.45) is 5.39. The van der Waals surface area contributed by atoms with Crippen LogP contribution in [0, 0.1) is 0 Å². The van der Waals surface area contributed by atoms with Crippen molar-refractivity contribution in [1.29, 1.82) is 0 Å². The Labute approximate surface area is 110 Å². The Hall–Kier alpha value is -2.14. The molecular formula is C14H15N3O2. The second-order valence-electron chi connectivity index (χ2n) is 4.78. The largest absolute Gasteiger partial charge is 0.508 e. The first-order chi connectivity index (χ1) is 9.20. The fraction of sp³-hybridized carbons (Fsp3) is 0.286. The molecule has 0 saturated carbocycles. The van der Waals surface area contributed by atoms with E-state index in [0.29, 0.717) is 18.1 Å². The third-order valence-electron chi connectivity index (χ3n) is 3.22. The highest BCUT2D eigenvalue weighted by Gasteiger charge is 2.22. The number of aromatic hydroxyl groups is 1. The first kappa shape index (κ1) is 11.9. The molecule has 3 rings (SSSR count). The zero-order valence-electron chi connectivity index (χ0n) is 10.4. The molecule has 19 heavy (non-hydrogen) atoms. The summed E-state index contributed by atoms with van der Waals surface area (Å²) >= 11 is 0. The Bertz CT molecular complexity index is 589. The fourth-order valence-corrected chi connectivity index (χ4v) is 2.20. The van der Waals surface area contributed by atoms with E-state index in [1.54, 1.807) is 12.1 Å². The zero-order valence-corrected chi connectivity index (χ0v) is 10.4. The molecule has 0 amide bonds. The van der Waals surface area contributed by atoms with Gasteiger partial charge in [0.05, 0.1) is 5.92 Å². The van der Waals surface area contributed by atoms with E-state index in [1.807, 2.05) is 24.3 Å². The molecule has 2 unspecified atom stereocenters. The van der Waals surface area contributed by atoms with Crippen LogP contribution in [0.3, 0.4) is 0 Å². The summed E-state index contributed by atoms with van der Waals surface area (Å²) in [6.45, 7) is 0. The second kappa shape index (κ2) is 4.85. The standard InChI is InChI=1S/C14H15N3O2/c15-11-4-3-10(8-11)14-16-13(17-19-14)7-9-1-5-12(18)6-2-9/h1-6,10-11,18H,7-8,15H2. The Morgan fingerprint density at radius 3 is 2.74 bits per heavy atom. The van der Waals surface area contributed by atoms with Gasteiger partial charge in [0.2, 0.25) is 5.89 Å². The predicted molar refractivity (Wildman–Crippen MR) is 69.7 cm³/mol. The molecule has 0 aliphatic heterocycles. The van der Waals surface area contributed by atoms with Gasteiger partial charge in [-0.3, -0.25) is 0 Å². The molecule has 0 spiro atoms. The number of phenols is 1. The van der Waals surface area contributed by atoms with Crippen LogP contribution in [-0.4, -0.2) is 21.3 Å². The van der Waals surface area contributed by atoms with Crippen LogP contribution in [0.2, 0.25) is 0 Å². The molecule has 1 heterocycles. The summed E-state index contributed by atoms with van der Waals surface area (Å²) in [6, 6.07) is 7.06. The molecule has 1 aliphatic rings.